The zero-order valence-electron chi connectivity index (χ0n) is 11.0. The number of rotatable bonds is 4. The van der Waals surface area contributed by atoms with Crippen molar-refractivity contribution in [2.45, 2.75) is 0 Å². The quantitative estimate of drug-likeness (QED) is 0.348. The predicted molar refractivity (Wildman–Crippen MR) is 78.8 cm³/mol. The summed E-state index contributed by atoms with van der Waals surface area (Å²) >= 11 is 0. The van der Waals surface area contributed by atoms with Gasteiger partial charge in [0.2, 0.25) is 5.78 Å². The molecule has 0 atom stereocenters. The summed E-state index contributed by atoms with van der Waals surface area (Å²) in [4.78, 5) is 23.4. The van der Waals surface area contributed by atoms with E-state index in [9.17, 15) is 14.7 Å². The summed E-state index contributed by atoms with van der Waals surface area (Å²) in [6, 6.07) is 14.1. The maximum Gasteiger partial charge on any atom is 0.296 e. The second-order valence-electron chi connectivity index (χ2n) is 4.26. The third-order valence-electron chi connectivity index (χ3n) is 2.69. The number of aromatic hydroxyl groups is 1. The fraction of sp³-hybridized carbons (Fsp3) is 0. The van der Waals surface area contributed by atoms with Crippen molar-refractivity contribution >= 4 is 23.1 Å². The lowest BCUT2D eigenvalue weighted by molar-refractivity contribution is -0.131. The van der Waals surface area contributed by atoms with Crippen LogP contribution in [-0.4, -0.2) is 21.9 Å². The van der Waals surface area contributed by atoms with Crippen molar-refractivity contribution in [3.8, 4) is 5.75 Å². The number of amides is 1. The topological polar surface area (TPSA) is 86.6 Å². The number of phenolic OH excluding ortho intramolecular Hbond substituents is 1. The molecule has 0 unspecified atom stereocenters. The molecule has 0 fully saturated rings. The summed E-state index contributed by atoms with van der Waals surface area (Å²) in [5, 5.41) is 21.3. The number of ketones is 1. The van der Waals surface area contributed by atoms with Crippen molar-refractivity contribution in [1.29, 1.82) is 0 Å². The zero-order valence-corrected chi connectivity index (χ0v) is 11.0. The number of aliphatic hydroxyl groups is 1. The number of anilines is 1. The molecule has 2 aromatic rings. The number of benzene rings is 2. The molecular formula is C16H13NO4. The zero-order chi connectivity index (χ0) is 15.2. The van der Waals surface area contributed by atoms with Gasteiger partial charge in [-0.15, -0.1) is 0 Å². The summed E-state index contributed by atoms with van der Waals surface area (Å²) < 4.78 is 0. The third kappa shape index (κ3) is 3.94. The van der Waals surface area contributed by atoms with Crippen LogP contribution >= 0.6 is 0 Å². The molecule has 0 aliphatic rings. The van der Waals surface area contributed by atoms with Gasteiger partial charge in [-0.25, -0.2) is 0 Å². The van der Waals surface area contributed by atoms with Crippen LogP contribution in [0.3, 0.4) is 0 Å². The van der Waals surface area contributed by atoms with Crippen LogP contribution in [0.4, 0.5) is 5.69 Å². The Morgan fingerprint density at radius 2 is 1.57 bits per heavy atom. The third-order valence-corrected chi connectivity index (χ3v) is 2.69. The Bertz CT molecular complexity index is 675. The van der Waals surface area contributed by atoms with Crippen molar-refractivity contribution in [2.24, 2.45) is 0 Å². The number of carbonyl (C=O) groups is 2. The smallest absolute Gasteiger partial charge is 0.296 e. The second-order valence-corrected chi connectivity index (χ2v) is 4.26. The lowest BCUT2D eigenvalue weighted by Crippen LogP contribution is -2.21. The molecular weight excluding hydrogens is 270 g/mol. The Morgan fingerprint density at radius 3 is 2.19 bits per heavy atom. The Morgan fingerprint density at radius 1 is 0.952 bits per heavy atom. The molecule has 0 saturated heterocycles. The molecule has 5 nitrogen and oxygen atoms in total. The van der Waals surface area contributed by atoms with Crippen LogP contribution in [0.2, 0.25) is 0 Å². The van der Waals surface area contributed by atoms with E-state index in [1.807, 2.05) is 0 Å². The van der Waals surface area contributed by atoms with Gasteiger partial charge in [0.25, 0.3) is 5.91 Å². The van der Waals surface area contributed by atoms with Crippen LogP contribution in [0.25, 0.3) is 5.76 Å². The van der Waals surface area contributed by atoms with Crippen LogP contribution in [0, 0.1) is 0 Å². The maximum atomic E-state index is 11.7. The Hall–Kier alpha value is -3.08. The van der Waals surface area contributed by atoms with Gasteiger partial charge in [-0.1, -0.05) is 30.3 Å². The van der Waals surface area contributed by atoms with Crippen molar-refractivity contribution in [1.82, 2.24) is 0 Å². The molecule has 0 aromatic heterocycles. The minimum atomic E-state index is -0.872. The SMILES string of the molecule is O=C(/C=C(\O)c1ccccc1)C(=O)Nc1ccc(O)cc1. The molecule has 1 amide bonds. The molecule has 0 aliphatic carbocycles. The van der Waals surface area contributed by atoms with Gasteiger partial charge in [0.1, 0.15) is 11.5 Å². The fourth-order valence-electron chi connectivity index (χ4n) is 1.62. The number of phenols is 1. The molecule has 0 spiro atoms. The molecule has 0 heterocycles. The van der Waals surface area contributed by atoms with E-state index < -0.39 is 11.7 Å². The van der Waals surface area contributed by atoms with Gasteiger partial charge in [-0.2, -0.15) is 0 Å². The first-order chi connectivity index (χ1) is 10.1. The second kappa shape index (κ2) is 6.38. The van der Waals surface area contributed by atoms with E-state index in [0.29, 0.717) is 11.3 Å². The summed E-state index contributed by atoms with van der Waals surface area (Å²) in [5.74, 6) is -1.96. The lowest BCUT2D eigenvalue weighted by Gasteiger charge is -2.03. The highest BCUT2D eigenvalue weighted by molar-refractivity contribution is 6.45. The first-order valence-electron chi connectivity index (χ1n) is 6.16. The van der Waals surface area contributed by atoms with Crippen molar-refractivity contribution < 1.29 is 19.8 Å². The van der Waals surface area contributed by atoms with Gasteiger partial charge in [0.15, 0.2) is 0 Å². The highest BCUT2D eigenvalue weighted by Gasteiger charge is 2.13. The highest BCUT2D eigenvalue weighted by atomic mass is 16.3. The molecule has 3 N–H and O–H groups in total. The number of nitrogens with one attached hydrogen (secondary N) is 1. The van der Waals surface area contributed by atoms with Crippen LogP contribution in [0.5, 0.6) is 5.75 Å². The van der Waals surface area contributed by atoms with Gasteiger partial charge < -0.3 is 15.5 Å². The largest absolute Gasteiger partial charge is 0.508 e. The standard InChI is InChI=1S/C16H13NO4/c18-13-8-6-12(7-9-13)17-16(21)15(20)10-14(19)11-4-2-1-3-5-11/h1-10,18-19H,(H,17,21)/b14-10-. The van der Waals surface area contributed by atoms with E-state index in [1.165, 1.54) is 24.3 Å². The molecule has 0 radical (unpaired) electrons. The normalized spacial score (nSPS) is 11.0. The average molecular weight is 283 g/mol. The van der Waals surface area contributed by atoms with Crippen LogP contribution < -0.4 is 5.32 Å². The number of carbonyl (C=O) groups excluding carboxylic acids is 2. The first kappa shape index (κ1) is 14.3. The molecule has 21 heavy (non-hydrogen) atoms. The van der Waals surface area contributed by atoms with E-state index >= 15 is 0 Å². The van der Waals surface area contributed by atoms with Crippen LogP contribution in [0.15, 0.2) is 60.7 Å². The first-order valence-corrected chi connectivity index (χ1v) is 6.16. The summed E-state index contributed by atoms with van der Waals surface area (Å²) in [6.07, 6.45) is 0.866. The number of hydrogen-bond acceptors (Lipinski definition) is 4. The number of hydrogen-bond donors (Lipinski definition) is 3. The fourth-order valence-corrected chi connectivity index (χ4v) is 1.62. The van der Waals surface area contributed by atoms with Gasteiger partial charge in [0, 0.05) is 17.3 Å². The van der Waals surface area contributed by atoms with E-state index in [0.717, 1.165) is 6.08 Å². The molecule has 0 saturated carbocycles. The Balaban J connectivity index is 2.06. The average Bonchev–Trinajstić information content (AvgIpc) is 2.50. The van der Waals surface area contributed by atoms with Gasteiger partial charge in [-0.3, -0.25) is 9.59 Å². The molecule has 106 valence electrons. The summed E-state index contributed by atoms with van der Waals surface area (Å²) in [7, 11) is 0. The van der Waals surface area contributed by atoms with E-state index in [2.05, 4.69) is 5.32 Å². The van der Waals surface area contributed by atoms with Crippen molar-refractivity contribution in [2.75, 3.05) is 5.32 Å². The van der Waals surface area contributed by atoms with Crippen molar-refractivity contribution in [3.63, 3.8) is 0 Å². The minimum Gasteiger partial charge on any atom is -0.508 e. The highest BCUT2D eigenvalue weighted by Crippen LogP contribution is 2.14. The van der Waals surface area contributed by atoms with E-state index in [4.69, 9.17) is 5.11 Å². The van der Waals surface area contributed by atoms with Gasteiger partial charge in [-0.05, 0) is 24.3 Å². The van der Waals surface area contributed by atoms with Gasteiger partial charge >= 0.3 is 0 Å². The Labute approximate surface area is 121 Å². The molecule has 2 aromatic carbocycles. The maximum absolute atomic E-state index is 11.7. The minimum absolute atomic E-state index is 0.0564. The summed E-state index contributed by atoms with van der Waals surface area (Å²) in [5.41, 5.74) is 0.821. The van der Waals surface area contributed by atoms with Crippen LogP contribution in [-0.2, 0) is 9.59 Å². The molecule has 5 heteroatoms. The monoisotopic (exact) mass is 283 g/mol. The Kier molecular flexibility index (Phi) is 4.36. The summed E-state index contributed by atoms with van der Waals surface area (Å²) in [6.45, 7) is 0. The predicted octanol–water partition coefficient (Wildman–Crippen LogP) is 2.50. The van der Waals surface area contributed by atoms with Gasteiger partial charge in [0.05, 0.1) is 0 Å². The number of aliphatic hydroxyl groups excluding tert-OH is 1. The van der Waals surface area contributed by atoms with E-state index in [-0.39, 0.29) is 11.5 Å². The molecule has 2 rings (SSSR count). The van der Waals surface area contributed by atoms with Crippen LogP contribution in [0.1, 0.15) is 5.56 Å². The molecule has 0 bridgehead atoms. The van der Waals surface area contributed by atoms with Crippen molar-refractivity contribution in [3.05, 3.63) is 66.2 Å². The van der Waals surface area contributed by atoms with E-state index in [1.54, 1.807) is 30.3 Å². The lowest BCUT2D eigenvalue weighted by atomic mass is 10.1. The molecule has 0 aliphatic heterocycles.